The number of benzene rings is 1. The summed E-state index contributed by atoms with van der Waals surface area (Å²) in [5.74, 6) is -0.0769. The zero-order chi connectivity index (χ0) is 23.0. The summed E-state index contributed by atoms with van der Waals surface area (Å²) in [4.78, 5) is 33.9. The fraction of sp³-hybridized carbons (Fsp3) is 0.480. The molecule has 0 N–H and O–H groups in total. The van der Waals surface area contributed by atoms with Crippen molar-refractivity contribution in [3.8, 4) is 0 Å². The third kappa shape index (κ3) is 4.75. The summed E-state index contributed by atoms with van der Waals surface area (Å²) in [5.41, 5.74) is 4.16. The number of amides is 2. The van der Waals surface area contributed by atoms with E-state index in [1.165, 1.54) is 0 Å². The highest BCUT2D eigenvalue weighted by Crippen LogP contribution is 2.39. The number of nitrogens with zero attached hydrogens (tertiary/aromatic N) is 3. The van der Waals surface area contributed by atoms with Gasteiger partial charge in [-0.05, 0) is 87.4 Å². The molecule has 6 nitrogen and oxygen atoms in total. The highest BCUT2D eigenvalue weighted by Gasteiger charge is 2.36. The van der Waals surface area contributed by atoms with Gasteiger partial charge in [-0.15, -0.1) is 0 Å². The van der Waals surface area contributed by atoms with Crippen LogP contribution in [-0.2, 0) is 17.7 Å². The van der Waals surface area contributed by atoms with E-state index in [0.29, 0.717) is 30.4 Å². The van der Waals surface area contributed by atoms with E-state index in [-0.39, 0.29) is 18.0 Å². The van der Waals surface area contributed by atoms with Crippen LogP contribution in [0.2, 0.25) is 5.02 Å². The Hall–Kier alpha value is -2.60. The van der Waals surface area contributed by atoms with Crippen LogP contribution in [0.1, 0.15) is 72.4 Å². The number of hydrogen-bond donors (Lipinski definition) is 0. The van der Waals surface area contributed by atoms with Gasteiger partial charge in [-0.1, -0.05) is 17.7 Å². The topological polar surface area (TPSA) is 62.7 Å². The van der Waals surface area contributed by atoms with Crippen LogP contribution in [0.5, 0.6) is 0 Å². The summed E-state index contributed by atoms with van der Waals surface area (Å²) < 4.78 is 5.66. The minimum absolute atomic E-state index is 0.0769. The molecule has 0 spiro atoms. The Morgan fingerprint density at radius 1 is 1.19 bits per heavy atom. The zero-order valence-corrected chi connectivity index (χ0v) is 19.9. The lowest BCUT2D eigenvalue weighted by atomic mass is 9.90. The van der Waals surface area contributed by atoms with E-state index in [4.69, 9.17) is 16.3 Å². The summed E-state index contributed by atoms with van der Waals surface area (Å²) in [6, 6.07) is 7.51. The fourth-order valence-electron chi connectivity index (χ4n) is 4.51. The third-order valence-corrected chi connectivity index (χ3v) is 6.22. The number of halogens is 1. The number of pyridine rings is 1. The van der Waals surface area contributed by atoms with Gasteiger partial charge in [-0.25, -0.2) is 4.79 Å². The van der Waals surface area contributed by atoms with Crippen molar-refractivity contribution < 1.29 is 14.3 Å². The standard InChI is InChI=1S/C25H30ClN3O3/c1-16-7-8-21(27-14-16)23(30)28-11-9-17-12-18(26)13-19(20(17)15-28)22-6-5-10-29(22)24(31)32-25(2,3)4/h7-8,12-14,22H,5-6,9-11,15H2,1-4H3/t22-/m0/s1. The molecule has 32 heavy (non-hydrogen) atoms. The lowest BCUT2D eigenvalue weighted by molar-refractivity contribution is 0.0222. The third-order valence-electron chi connectivity index (χ3n) is 6.00. The first-order valence-corrected chi connectivity index (χ1v) is 11.5. The molecule has 2 aliphatic heterocycles. The number of fused-ring (bicyclic) bond motifs is 1. The second-order valence-electron chi connectivity index (χ2n) is 9.66. The van der Waals surface area contributed by atoms with E-state index in [2.05, 4.69) is 4.98 Å². The summed E-state index contributed by atoms with van der Waals surface area (Å²) in [6.07, 6.45) is 3.88. The average Bonchev–Trinajstić information content (AvgIpc) is 3.21. The van der Waals surface area contributed by atoms with Crippen LogP contribution in [0.15, 0.2) is 30.5 Å². The van der Waals surface area contributed by atoms with Crippen LogP contribution in [0.3, 0.4) is 0 Å². The molecule has 2 aromatic rings. The van der Waals surface area contributed by atoms with Gasteiger partial charge in [0, 0.05) is 30.9 Å². The van der Waals surface area contributed by atoms with Crippen molar-refractivity contribution in [3.05, 3.63) is 63.4 Å². The minimum atomic E-state index is -0.553. The first-order valence-electron chi connectivity index (χ1n) is 11.1. The molecular formula is C25H30ClN3O3. The molecule has 2 aliphatic rings. The maximum Gasteiger partial charge on any atom is 0.410 e. The number of hydrogen-bond acceptors (Lipinski definition) is 4. The number of rotatable bonds is 2. The van der Waals surface area contributed by atoms with Crippen molar-refractivity contribution in [2.24, 2.45) is 0 Å². The molecule has 1 atom stereocenters. The summed E-state index contributed by atoms with van der Waals surface area (Å²) in [7, 11) is 0. The van der Waals surface area contributed by atoms with Gasteiger partial charge in [0.1, 0.15) is 11.3 Å². The van der Waals surface area contributed by atoms with Gasteiger partial charge >= 0.3 is 6.09 Å². The molecule has 7 heteroatoms. The van der Waals surface area contributed by atoms with Gasteiger partial charge in [0.25, 0.3) is 5.91 Å². The molecule has 3 heterocycles. The second kappa shape index (κ2) is 8.74. The Labute approximate surface area is 194 Å². The van der Waals surface area contributed by atoms with Gasteiger partial charge in [-0.3, -0.25) is 9.78 Å². The number of carbonyl (C=O) groups is 2. The number of likely N-dealkylation sites (tertiary alicyclic amines) is 1. The van der Waals surface area contributed by atoms with Crippen molar-refractivity contribution in [3.63, 3.8) is 0 Å². The van der Waals surface area contributed by atoms with Crippen molar-refractivity contribution in [1.82, 2.24) is 14.8 Å². The maximum atomic E-state index is 13.1. The molecule has 1 aromatic carbocycles. The molecule has 0 saturated carbocycles. The highest BCUT2D eigenvalue weighted by atomic mass is 35.5. The molecule has 4 rings (SSSR count). The first-order chi connectivity index (χ1) is 15.1. The smallest absolute Gasteiger partial charge is 0.410 e. The zero-order valence-electron chi connectivity index (χ0n) is 19.2. The van der Waals surface area contributed by atoms with Crippen LogP contribution in [0.4, 0.5) is 4.79 Å². The first kappa shape index (κ1) is 22.6. The van der Waals surface area contributed by atoms with Crippen LogP contribution in [-0.4, -0.2) is 45.5 Å². The van der Waals surface area contributed by atoms with Gasteiger partial charge in [-0.2, -0.15) is 0 Å². The molecule has 2 amide bonds. The van der Waals surface area contributed by atoms with Crippen LogP contribution in [0, 0.1) is 6.92 Å². The van der Waals surface area contributed by atoms with Crippen LogP contribution < -0.4 is 0 Å². The van der Waals surface area contributed by atoms with Crippen LogP contribution >= 0.6 is 11.6 Å². The Morgan fingerprint density at radius 3 is 2.66 bits per heavy atom. The Morgan fingerprint density at radius 2 is 1.97 bits per heavy atom. The number of carbonyl (C=O) groups excluding carboxylic acids is 2. The second-order valence-corrected chi connectivity index (χ2v) is 10.1. The number of ether oxygens (including phenoxy) is 1. The quantitative estimate of drug-likeness (QED) is 0.615. The summed E-state index contributed by atoms with van der Waals surface area (Å²) in [5, 5.41) is 0.662. The molecule has 0 aliphatic carbocycles. The van der Waals surface area contributed by atoms with Gasteiger partial charge in [0.2, 0.25) is 0 Å². The number of aryl methyl sites for hydroxylation is 1. The SMILES string of the molecule is Cc1ccc(C(=O)N2CCc3cc(Cl)cc([C@@H]4CCCN4C(=O)OC(C)(C)C)c3C2)nc1. The van der Waals surface area contributed by atoms with E-state index in [9.17, 15) is 9.59 Å². The van der Waals surface area contributed by atoms with Gasteiger partial charge < -0.3 is 14.5 Å². The van der Waals surface area contributed by atoms with E-state index in [1.807, 2.05) is 50.8 Å². The largest absolute Gasteiger partial charge is 0.444 e. The van der Waals surface area contributed by atoms with E-state index in [0.717, 1.165) is 41.5 Å². The van der Waals surface area contributed by atoms with Crippen molar-refractivity contribution in [2.75, 3.05) is 13.1 Å². The van der Waals surface area contributed by atoms with Crippen LogP contribution in [0.25, 0.3) is 0 Å². The summed E-state index contributed by atoms with van der Waals surface area (Å²) in [6.45, 7) is 9.32. The monoisotopic (exact) mass is 455 g/mol. The minimum Gasteiger partial charge on any atom is -0.444 e. The summed E-state index contributed by atoms with van der Waals surface area (Å²) >= 11 is 6.48. The normalized spacial score (nSPS) is 18.5. The van der Waals surface area contributed by atoms with E-state index >= 15 is 0 Å². The van der Waals surface area contributed by atoms with Crippen molar-refractivity contribution >= 4 is 23.6 Å². The molecule has 0 unspecified atom stereocenters. The Kier molecular flexibility index (Phi) is 6.17. The predicted molar refractivity (Wildman–Crippen MR) is 124 cm³/mol. The van der Waals surface area contributed by atoms with Crippen molar-refractivity contribution in [1.29, 1.82) is 0 Å². The lowest BCUT2D eigenvalue weighted by Gasteiger charge is -2.34. The number of aromatic nitrogens is 1. The van der Waals surface area contributed by atoms with Crippen molar-refractivity contribution in [2.45, 2.75) is 65.1 Å². The molecule has 1 aromatic heterocycles. The molecule has 0 radical (unpaired) electrons. The maximum absolute atomic E-state index is 13.1. The molecule has 1 saturated heterocycles. The lowest BCUT2D eigenvalue weighted by Crippen LogP contribution is -2.39. The molecule has 170 valence electrons. The van der Waals surface area contributed by atoms with Gasteiger partial charge in [0.05, 0.1) is 6.04 Å². The fourth-order valence-corrected chi connectivity index (χ4v) is 4.76. The Balaban J connectivity index is 1.63. The highest BCUT2D eigenvalue weighted by molar-refractivity contribution is 6.30. The molecular weight excluding hydrogens is 426 g/mol. The molecule has 0 bridgehead atoms. The van der Waals surface area contributed by atoms with E-state index in [1.54, 1.807) is 17.2 Å². The average molecular weight is 456 g/mol. The Bertz CT molecular complexity index is 1030. The molecule has 1 fully saturated rings. The predicted octanol–water partition coefficient (Wildman–Crippen LogP) is 5.31. The van der Waals surface area contributed by atoms with E-state index < -0.39 is 5.60 Å². The van der Waals surface area contributed by atoms with Gasteiger partial charge in [0.15, 0.2) is 0 Å².